The minimum absolute atomic E-state index is 0.0221. The molecular weight excluding hydrogens is 354 g/mol. The summed E-state index contributed by atoms with van der Waals surface area (Å²) in [7, 11) is 0. The SMILES string of the molecule is CC(C(=O)N1CCC(C(=O)O)(c2ccccc2)CC1)c1cc2ccccc2o1. The lowest BCUT2D eigenvalue weighted by Crippen LogP contribution is -2.49. The zero-order chi connectivity index (χ0) is 19.7. The van der Waals surface area contributed by atoms with Crippen LogP contribution in [0.3, 0.4) is 0 Å². The van der Waals surface area contributed by atoms with E-state index in [-0.39, 0.29) is 5.91 Å². The van der Waals surface area contributed by atoms with Gasteiger partial charge in [0.05, 0.1) is 11.3 Å². The lowest BCUT2D eigenvalue weighted by Gasteiger charge is -2.39. The van der Waals surface area contributed by atoms with Crippen LogP contribution in [0.5, 0.6) is 0 Å². The van der Waals surface area contributed by atoms with E-state index in [0.29, 0.717) is 31.7 Å². The topological polar surface area (TPSA) is 70.8 Å². The van der Waals surface area contributed by atoms with E-state index in [0.717, 1.165) is 16.5 Å². The molecule has 1 aliphatic heterocycles. The first-order valence-corrected chi connectivity index (χ1v) is 9.57. The van der Waals surface area contributed by atoms with Crippen molar-refractivity contribution < 1.29 is 19.1 Å². The number of benzene rings is 2. The van der Waals surface area contributed by atoms with Gasteiger partial charge in [-0.1, -0.05) is 48.5 Å². The maximum Gasteiger partial charge on any atom is 0.314 e. The number of piperidine rings is 1. The van der Waals surface area contributed by atoms with Crippen molar-refractivity contribution in [1.29, 1.82) is 0 Å². The van der Waals surface area contributed by atoms with Crippen molar-refractivity contribution >= 4 is 22.8 Å². The van der Waals surface area contributed by atoms with E-state index in [1.54, 1.807) is 4.90 Å². The Bertz CT molecular complexity index is 967. The predicted octanol–water partition coefficient (Wildman–Crippen LogP) is 4.18. The maximum atomic E-state index is 13.0. The van der Waals surface area contributed by atoms with Crippen molar-refractivity contribution in [3.63, 3.8) is 0 Å². The lowest BCUT2D eigenvalue weighted by atomic mass is 9.72. The number of carbonyl (C=O) groups is 2. The highest BCUT2D eigenvalue weighted by molar-refractivity contribution is 5.86. The second-order valence-electron chi connectivity index (χ2n) is 7.49. The number of aliphatic carboxylic acids is 1. The molecule has 5 heteroatoms. The van der Waals surface area contributed by atoms with Gasteiger partial charge in [-0.2, -0.15) is 0 Å². The number of hydrogen-bond donors (Lipinski definition) is 1. The average molecular weight is 377 g/mol. The number of amides is 1. The molecule has 1 aromatic heterocycles. The van der Waals surface area contributed by atoms with E-state index in [2.05, 4.69) is 0 Å². The highest BCUT2D eigenvalue weighted by Crippen LogP contribution is 2.37. The second-order valence-corrected chi connectivity index (χ2v) is 7.49. The van der Waals surface area contributed by atoms with Gasteiger partial charge in [0.1, 0.15) is 11.3 Å². The molecule has 0 radical (unpaired) electrons. The highest BCUT2D eigenvalue weighted by atomic mass is 16.4. The molecule has 0 bridgehead atoms. The summed E-state index contributed by atoms with van der Waals surface area (Å²) in [6.45, 7) is 2.69. The van der Waals surface area contributed by atoms with E-state index >= 15 is 0 Å². The van der Waals surface area contributed by atoms with Gasteiger partial charge < -0.3 is 14.4 Å². The quantitative estimate of drug-likeness (QED) is 0.740. The molecule has 2 aromatic carbocycles. The van der Waals surface area contributed by atoms with Gasteiger partial charge in [0.2, 0.25) is 5.91 Å². The fourth-order valence-corrected chi connectivity index (χ4v) is 4.10. The van der Waals surface area contributed by atoms with E-state index < -0.39 is 17.3 Å². The molecule has 1 amide bonds. The number of fused-ring (bicyclic) bond motifs is 1. The van der Waals surface area contributed by atoms with Crippen molar-refractivity contribution in [3.8, 4) is 0 Å². The van der Waals surface area contributed by atoms with Crippen LogP contribution in [-0.4, -0.2) is 35.0 Å². The first-order chi connectivity index (χ1) is 13.5. The summed E-state index contributed by atoms with van der Waals surface area (Å²) in [5.41, 5.74) is 0.644. The van der Waals surface area contributed by atoms with E-state index in [9.17, 15) is 14.7 Å². The molecule has 28 heavy (non-hydrogen) atoms. The van der Waals surface area contributed by atoms with Gasteiger partial charge in [-0.3, -0.25) is 9.59 Å². The Kier molecular flexibility index (Phi) is 4.67. The van der Waals surface area contributed by atoms with Crippen molar-refractivity contribution in [2.24, 2.45) is 0 Å². The molecule has 4 rings (SSSR count). The Labute approximate surface area is 163 Å². The van der Waals surface area contributed by atoms with Gasteiger partial charge in [0, 0.05) is 18.5 Å². The second kappa shape index (κ2) is 7.15. The van der Waals surface area contributed by atoms with E-state index in [4.69, 9.17) is 4.42 Å². The highest BCUT2D eigenvalue weighted by Gasteiger charge is 2.44. The van der Waals surface area contributed by atoms with Crippen LogP contribution >= 0.6 is 0 Å². The summed E-state index contributed by atoms with van der Waals surface area (Å²) in [5, 5.41) is 10.9. The van der Waals surface area contributed by atoms with Gasteiger partial charge in [0.15, 0.2) is 0 Å². The Morgan fingerprint density at radius 3 is 2.32 bits per heavy atom. The van der Waals surface area contributed by atoms with Gasteiger partial charge in [-0.15, -0.1) is 0 Å². The van der Waals surface area contributed by atoms with Gasteiger partial charge >= 0.3 is 5.97 Å². The van der Waals surface area contributed by atoms with Crippen LogP contribution in [0.4, 0.5) is 0 Å². The summed E-state index contributed by atoms with van der Waals surface area (Å²) < 4.78 is 5.85. The number of likely N-dealkylation sites (tertiary alicyclic amines) is 1. The van der Waals surface area contributed by atoms with Crippen molar-refractivity contribution in [3.05, 3.63) is 72.0 Å². The number of carboxylic acids is 1. The van der Waals surface area contributed by atoms with Crippen LogP contribution in [0.15, 0.2) is 65.1 Å². The first-order valence-electron chi connectivity index (χ1n) is 9.57. The predicted molar refractivity (Wildman–Crippen MR) is 106 cm³/mol. The third kappa shape index (κ3) is 3.07. The smallest absolute Gasteiger partial charge is 0.314 e. The molecule has 1 N–H and O–H groups in total. The minimum atomic E-state index is -0.930. The van der Waals surface area contributed by atoms with E-state index in [1.807, 2.05) is 67.6 Å². The van der Waals surface area contributed by atoms with Gasteiger partial charge in [-0.05, 0) is 37.5 Å². The maximum absolute atomic E-state index is 13.0. The number of hydrogen-bond acceptors (Lipinski definition) is 3. The van der Waals surface area contributed by atoms with Crippen molar-refractivity contribution in [2.45, 2.75) is 31.1 Å². The van der Waals surface area contributed by atoms with Gasteiger partial charge in [0.25, 0.3) is 0 Å². The molecule has 144 valence electrons. The normalized spacial score (nSPS) is 17.4. The summed E-state index contributed by atoms with van der Waals surface area (Å²) in [6, 6.07) is 18.9. The van der Waals surface area contributed by atoms with Crippen LogP contribution < -0.4 is 0 Å². The minimum Gasteiger partial charge on any atom is -0.481 e. The Morgan fingerprint density at radius 2 is 1.68 bits per heavy atom. The van der Waals surface area contributed by atoms with Gasteiger partial charge in [-0.25, -0.2) is 0 Å². The molecule has 1 saturated heterocycles. The molecule has 0 aliphatic carbocycles. The van der Waals surface area contributed by atoms with Crippen LogP contribution in [-0.2, 0) is 15.0 Å². The molecule has 3 aromatic rings. The monoisotopic (exact) mass is 377 g/mol. The number of furan rings is 1. The summed E-state index contributed by atoms with van der Waals surface area (Å²) in [6.07, 6.45) is 0.815. The largest absolute Gasteiger partial charge is 0.481 e. The third-order valence-corrected chi connectivity index (χ3v) is 5.91. The Balaban J connectivity index is 1.51. The zero-order valence-electron chi connectivity index (χ0n) is 15.8. The zero-order valence-corrected chi connectivity index (χ0v) is 15.8. The van der Waals surface area contributed by atoms with Crippen LogP contribution in [0.25, 0.3) is 11.0 Å². The fraction of sp³-hybridized carbons (Fsp3) is 0.304. The molecule has 0 spiro atoms. The lowest BCUT2D eigenvalue weighted by molar-refractivity contribution is -0.148. The van der Waals surface area contributed by atoms with Crippen LogP contribution in [0, 0.1) is 0 Å². The summed E-state index contributed by atoms with van der Waals surface area (Å²) >= 11 is 0. The standard InChI is InChI=1S/C23H23NO4/c1-16(20-15-17-7-5-6-10-19(17)28-20)21(25)24-13-11-23(12-14-24,22(26)27)18-8-3-2-4-9-18/h2-10,15-16H,11-14H2,1H3,(H,26,27). The number of rotatable bonds is 4. The summed E-state index contributed by atoms with van der Waals surface area (Å²) in [4.78, 5) is 26.9. The van der Waals surface area contributed by atoms with Crippen LogP contribution in [0.1, 0.15) is 37.0 Å². The van der Waals surface area contributed by atoms with Crippen LogP contribution in [0.2, 0.25) is 0 Å². The number of carbonyl (C=O) groups excluding carboxylic acids is 1. The number of para-hydroxylation sites is 1. The van der Waals surface area contributed by atoms with Crippen molar-refractivity contribution in [1.82, 2.24) is 4.90 Å². The molecule has 0 saturated carbocycles. The number of carboxylic acid groups (broad SMARTS) is 1. The molecular formula is C23H23NO4. The first kappa shape index (κ1) is 18.3. The number of nitrogens with zero attached hydrogens (tertiary/aromatic N) is 1. The van der Waals surface area contributed by atoms with E-state index in [1.165, 1.54) is 0 Å². The molecule has 2 heterocycles. The molecule has 1 atom stereocenters. The molecule has 1 fully saturated rings. The average Bonchev–Trinajstić information content (AvgIpc) is 3.17. The third-order valence-electron chi connectivity index (χ3n) is 5.91. The molecule has 1 aliphatic rings. The Morgan fingerprint density at radius 1 is 1.04 bits per heavy atom. The Hall–Kier alpha value is -3.08. The van der Waals surface area contributed by atoms with Crippen molar-refractivity contribution in [2.75, 3.05) is 13.1 Å². The molecule has 5 nitrogen and oxygen atoms in total. The summed E-state index contributed by atoms with van der Waals surface area (Å²) in [5.74, 6) is -0.604. The molecule has 1 unspecified atom stereocenters. The fourth-order valence-electron chi connectivity index (χ4n) is 4.10.